The van der Waals surface area contributed by atoms with Gasteiger partial charge in [0.25, 0.3) is 5.69 Å². The number of nitro benzene ring substituents is 1. The molecule has 0 spiro atoms. The van der Waals surface area contributed by atoms with Crippen LogP contribution in [-0.4, -0.2) is 29.8 Å². The molecule has 0 unspecified atom stereocenters. The standard InChI is InChI=1S/C14H14N2O7/c1-3-21-14(17)11-7-10(23-15-11)8-22-13-6-9(16(18)19)4-5-12(13)20-2/h4-7H,3,8H2,1-2H3. The van der Waals surface area contributed by atoms with E-state index in [1.165, 1.54) is 31.4 Å². The first-order valence-corrected chi connectivity index (χ1v) is 6.63. The molecule has 9 nitrogen and oxygen atoms in total. The number of esters is 1. The molecule has 0 radical (unpaired) electrons. The number of nitrogens with zero attached hydrogens (tertiary/aromatic N) is 2. The Bertz CT molecular complexity index is 711. The molecule has 2 rings (SSSR count). The van der Waals surface area contributed by atoms with Crippen molar-refractivity contribution in [1.82, 2.24) is 5.16 Å². The second-order valence-electron chi connectivity index (χ2n) is 4.28. The zero-order chi connectivity index (χ0) is 16.8. The molecule has 0 aliphatic rings. The van der Waals surface area contributed by atoms with Gasteiger partial charge in [-0.2, -0.15) is 0 Å². The monoisotopic (exact) mass is 322 g/mol. The number of carbonyl (C=O) groups excluding carboxylic acids is 1. The lowest BCUT2D eigenvalue weighted by atomic mass is 10.3. The molecule has 0 amide bonds. The lowest BCUT2D eigenvalue weighted by molar-refractivity contribution is -0.385. The van der Waals surface area contributed by atoms with Crippen molar-refractivity contribution in [3.05, 3.63) is 45.8 Å². The summed E-state index contributed by atoms with van der Waals surface area (Å²) >= 11 is 0. The van der Waals surface area contributed by atoms with Gasteiger partial charge in [-0.05, 0) is 13.0 Å². The highest BCUT2D eigenvalue weighted by Crippen LogP contribution is 2.31. The van der Waals surface area contributed by atoms with Crippen LogP contribution in [0.15, 0.2) is 28.8 Å². The molecule has 1 aromatic heterocycles. The number of hydrogen-bond acceptors (Lipinski definition) is 8. The van der Waals surface area contributed by atoms with Crippen LogP contribution in [0.1, 0.15) is 23.2 Å². The van der Waals surface area contributed by atoms with Crippen LogP contribution in [-0.2, 0) is 11.3 Å². The Morgan fingerprint density at radius 3 is 2.78 bits per heavy atom. The maximum Gasteiger partial charge on any atom is 0.360 e. The Kier molecular flexibility index (Phi) is 5.13. The highest BCUT2D eigenvalue weighted by atomic mass is 16.6. The van der Waals surface area contributed by atoms with Crippen molar-refractivity contribution >= 4 is 11.7 Å². The van der Waals surface area contributed by atoms with Gasteiger partial charge in [-0.15, -0.1) is 0 Å². The fraction of sp³-hybridized carbons (Fsp3) is 0.286. The van der Waals surface area contributed by atoms with Crippen LogP contribution in [0.5, 0.6) is 11.5 Å². The zero-order valence-electron chi connectivity index (χ0n) is 12.5. The van der Waals surface area contributed by atoms with Crippen molar-refractivity contribution < 1.29 is 28.5 Å². The van der Waals surface area contributed by atoms with Gasteiger partial charge in [-0.25, -0.2) is 4.79 Å². The van der Waals surface area contributed by atoms with Crippen molar-refractivity contribution in [3.8, 4) is 11.5 Å². The number of hydrogen-bond donors (Lipinski definition) is 0. The molecule has 9 heteroatoms. The smallest absolute Gasteiger partial charge is 0.360 e. The largest absolute Gasteiger partial charge is 0.493 e. The van der Waals surface area contributed by atoms with Crippen LogP contribution in [0.2, 0.25) is 0 Å². The summed E-state index contributed by atoms with van der Waals surface area (Å²) in [5, 5.41) is 14.4. The van der Waals surface area contributed by atoms with Crippen LogP contribution in [0.4, 0.5) is 5.69 Å². The van der Waals surface area contributed by atoms with Crippen LogP contribution >= 0.6 is 0 Å². The molecule has 0 atom stereocenters. The van der Waals surface area contributed by atoms with E-state index < -0.39 is 10.9 Å². The Morgan fingerprint density at radius 1 is 1.35 bits per heavy atom. The second-order valence-corrected chi connectivity index (χ2v) is 4.28. The van der Waals surface area contributed by atoms with E-state index in [1.807, 2.05) is 0 Å². The van der Waals surface area contributed by atoms with Crippen molar-refractivity contribution in [2.75, 3.05) is 13.7 Å². The first kappa shape index (κ1) is 16.3. The lowest BCUT2D eigenvalue weighted by Gasteiger charge is -2.08. The van der Waals surface area contributed by atoms with Crippen LogP contribution < -0.4 is 9.47 Å². The van der Waals surface area contributed by atoms with E-state index in [1.54, 1.807) is 6.92 Å². The van der Waals surface area contributed by atoms with E-state index in [0.717, 1.165) is 0 Å². The minimum Gasteiger partial charge on any atom is -0.493 e. The number of carbonyl (C=O) groups is 1. The fourth-order valence-corrected chi connectivity index (χ4v) is 1.72. The van der Waals surface area contributed by atoms with Crippen molar-refractivity contribution in [2.24, 2.45) is 0 Å². The third-order valence-corrected chi connectivity index (χ3v) is 2.77. The molecule has 0 saturated heterocycles. The van der Waals surface area contributed by atoms with Gasteiger partial charge in [0.15, 0.2) is 23.0 Å². The average molecular weight is 322 g/mol. The molecule has 0 aliphatic heterocycles. The van der Waals surface area contributed by atoms with Crippen LogP contribution in [0.25, 0.3) is 0 Å². The number of ether oxygens (including phenoxy) is 3. The Hall–Kier alpha value is -3.10. The molecule has 0 N–H and O–H groups in total. The third kappa shape index (κ3) is 3.96. The molecule has 122 valence electrons. The fourth-order valence-electron chi connectivity index (χ4n) is 1.72. The predicted octanol–water partition coefficient (Wildman–Crippen LogP) is 2.35. The van der Waals surface area contributed by atoms with Gasteiger partial charge in [-0.3, -0.25) is 10.1 Å². The van der Waals surface area contributed by atoms with E-state index >= 15 is 0 Å². The first-order chi connectivity index (χ1) is 11.0. The van der Waals surface area contributed by atoms with Gasteiger partial charge in [0.2, 0.25) is 0 Å². The summed E-state index contributed by atoms with van der Waals surface area (Å²) in [7, 11) is 1.42. The summed E-state index contributed by atoms with van der Waals surface area (Å²) in [4.78, 5) is 21.7. The van der Waals surface area contributed by atoms with E-state index in [4.69, 9.17) is 18.7 Å². The van der Waals surface area contributed by atoms with E-state index in [-0.39, 0.29) is 36.1 Å². The minimum atomic E-state index is -0.601. The van der Waals surface area contributed by atoms with E-state index in [9.17, 15) is 14.9 Å². The van der Waals surface area contributed by atoms with Gasteiger partial charge >= 0.3 is 5.97 Å². The summed E-state index contributed by atoms with van der Waals surface area (Å²) in [6, 6.07) is 5.35. The zero-order valence-corrected chi connectivity index (χ0v) is 12.5. The van der Waals surface area contributed by atoms with Crippen LogP contribution in [0, 0.1) is 10.1 Å². The normalized spacial score (nSPS) is 10.2. The maximum absolute atomic E-state index is 11.5. The summed E-state index contributed by atoms with van der Waals surface area (Å²) < 4.78 is 20.3. The lowest BCUT2D eigenvalue weighted by Crippen LogP contribution is -2.04. The molecule has 0 bridgehead atoms. The SMILES string of the molecule is CCOC(=O)c1cc(COc2cc([N+](=O)[O-])ccc2OC)on1. The van der Waals surface area contributed by atoms with Gasteiger partial charge < -0.3 is 18.7 Å². The molecule has 23 heavy (non-hydrogen) atoms. The molecule has 2 aromatic rings. The summed E-state index contributed by atoms with van der Waals surface area (Å²) in [6.45, 7) is 1.82. The van der Waals surface area contributed by atoms with Crippen molar-refractivity contribution in [2.45, 2.75) is 13.5 Å². The number of non-ortho nitro benzene ring substituents is 1. The second kappa shape index (κ2) is 7.25. The number of rotatable bonds is 7. The average Bonchev–Trinajstić information content (AvgIpc) is 3.01. The molecule has 0 fully saturated rings. The molecular weight excluding hydrogens is 308 g/mol. The Morgan fingerprint density at radius 2 is 2.13 bits per heavy atom. The van der Waals surface area contributed by atoms with Crippen LogP contribution in [0.3, 0.4) is 0 Å². The topological polar surface area (TPSA) is 114 Å². The number of benzene rings is 1. The quantitative estimate of drug-likeness (QED) is 0.433. The molecule has 0 saturated carbocycles. The summed E-state index contributed by atoms with van der Waals surface area (Å²) in [6.07, 6.45) is 0. The van der Waals surface area contributed by atoms with Gasteiger partial charge in [0, 0.05) is 12.1 Å². The number of aromatic nitrogens is 1. The third-order valence-electron chi connectivity index (χ3n) is 2.77. The molecule has 0 aliphatic carbocycles. The molecule has 1 aromatic carbocycles. The predicted molar refractivity (Wildman–Crippen MR) is 76.4 cm³/mol. The molecule has 1 heterocycles. The number of methoxy groups -OCH3 is 1. The maximum atomic E-state index is 11.5. The van der Waals surface area contributed by atoms with Crippen molar-refractivity contribution in [1.29, 1.82) is 0 Å². The summed E-state index contributed by atoms with van der Waals surface area (Å²) in [5.74, 6) is 0.175. The van der Waals surface area contributed by atoms with Gasteiger partial charge in [0.1, 0.15) is 6.61 Å². The number of nitro groups is 1. The summed E-state index contributed by atoms with van der Waals surface area (Å²) in [5.41, 5.74) is -0.109. The van der Waals surface area contributed by atoms with Crippen molar-refractivity contribution in [3.63, 3.8) is 0 Å². The van der Waals surface area contributed by atoms with Gasteiger partial charge in [0.05, 0.1) is 24.7 Å². The van der Waals surface area contributed by atoms with E-state index in [2.05, 4.69) is 5.16 Å². The highest BCUT2D eigenvalue weighted by molar-refractivity contribution is 5.87. The molecular formula is C14H14N2O7. The van der Waals surface area contributed by atoms with Gasteiger partial charge in [-0.1, -0.05) is 5.16 Å². The Labute approximate surface area is 130 Å². The minimum absolute atomic E-state index is 0.0245. The first-order valence-electron chi connectivity index (χ1n) is 6.63. The van der Waals surface area contributed by atoms with E-state index in [0.29, 0.717) is 5.75 Å². The highest BCUT2D eigenvalue weighted by Gasteiger charge is 2.16. The Balaban J connectivity index is 2.10.